The van der Waals surface area contributed by atoms with E-state index in [1.165, 1.54) is 0 Å². The molecule has 0 spiro atoms. The molecule has 0 saturated carbocycles. The minimum absolute atomic E-state index is 0.0821. The van der Waals surface area contributed by atoms with Crippen molar-refractivity contribution in [1.29, 1.82) is 0 Å². The van der Waals surface area contributed by atoms with E-state index in [9.17, 15) is 13.2 Å². The summed E-state index contributed by atoms with van der Waals surface area (Å²) in [6.07, 6.45) is -2.78. The first kappa shape index (κ1) is 10.6. The smallest absolute Gasteiger partial charge is 0.207 e. The number of rotatable bonds is 2. The van der Waals surface area contributed by atoms with Gasteiger partial charge in [0.1, 0.15) is 5.15 Å². The normalized spacial score (nSPS) is 10.9. The van der Waals surface area contributed by atoms with Crippen molar-refractivity contribution in [2.45, 2.75) is 12.3 Å². The highest BCUT2D eigenvalue weighted by atomic mass is 35.5. The SMILES string of the molecule is Fc1nc(Cl)c(C(F)F)cc1CCl. The molecule has 0 unspecified atom stereocenters. The third-order valence-electron chi connectivity index (χ3n) is 1.41. The van der Waals surface area contributed by atoms with Crippen LogP contribution in [-0.2, 0) is 5.88 Å². The lowest BCUT2D eigenvalue weighted by molar-refractivity contribution is 0.151. The molecule has 0 atom stereocenters. The fraction of sp³-hybridized carbons (Fsp3) is 0.286. The summed E-state index contributed by atoms with van der Waals surface area (Å²) in [5.74, 6) is -1.13. The maximum absolute atomic E-state index is 12.8. The molecule has 0 aromatic carbocycles. The van der Waals surface area contributed by atoms with Gasteiger partial charge in [0.2, 0.25) is 5.95 Å². The Morgan fingerprint density at radius 2 is 2.08 bits per heavy atom. The number of hydrogen-bond donors (Lipinski definition) is 0. The molecule has 1 heterocycles. The van der Waals surface area contributed by atoms with Gasteiger partial charge in [0.15, 0.2) is 0 Å². The molecule has 72 valence electrons. The quantitative estimate of drug-likeness (QED) is 0.559. The fourth-order valence-electron chi connectivity index (χ4n) is 0.776. The standard InChI is InChI=1S/C7H4Cl2F3N/c8-2-3-1-4(6(10)11)5(9)13-7(3)12/h1,6H,2H2. The predicted octanol–water partition coefficient (Wildman–Crippen LogP) is 3.55. The second-order valence-electron chi connectivity index (χ2n) is 2.25. The Labute approximate surface area is 82.5 Å². The van der Waals surface area contributed by atoms with Gasteiger partial charge in [-0.1, -0.05) is 11.6 Å². The van der Waals surface area contributed by atoms with Gasteiger partial charge in [0, 0.05) is 5.56 Å². The maximum atomic E-state index is 12.8. The largest absolute Gasteiger partial charge is 0.266 e. The van der Waals surface area contributed by atoms with E-state index in [4.69, 9.17) is 23.2 Å². The molecule has 1 nitrogen and oxygen atoms in total. The lowest BCUT2D eigenvalue weighted by Gasteiger charge is -2.04. The van der Waals surface area contributed by atoms with E-state index in [1.807, 2.05) is 0 Å². The number of hydrogen-bond acceptors (Lipinski definition) is 1. The second kappa shape index (κ2) is 4.15. The molecule has 0 aliphatic carbocycles. The number of nitrogens with zero attached hydrogens (tertiary/aromatic N) is 1. The summed E-state index contributed by atoms with van der Waals surface area (Å²) >= 11 is 10.6. The van der Waals surface area contributed by atoms with Gasteiger partial charge in [-0.2, -0.15) is 4.39 Å². The summed E-state index contributed by atoms with van der Waals surface area (Å²) < 4.78 is 37.1. The predicted molar refractivity (Wildman–Crippen MR) is 43.7 cm³/mol. The van der Waals surface area contributed by atoms with E-state index in [2.05, 4.69) is 4.98 Å². The van der Waals surface area contributed by atoms with Crippen molar-refractivity contribution >= 4 is 23.2 Å². The van der Waals surface area contributed by atoms with Crippen molar-refractivity contribution in [3.63, 3.8) is 0 Å². The molecule has 1 aromatic heterocycles. The first-order valence-corrected chi connectivity index (χ1v) is 4.16. The van der Waals surface area contributed by atoms with Gasteiger partial charge in [-0.3, -0.25) is 0 Å². The molecule has 0 saturated heterocycles. The zero-order valence-electron chi connectivity index (χ0n) is 6.20. The first-order chi connectivity index (χ1) is 6.06. The second-order valence-corrected chi connectivity index (χ2v) is 2.88. The van der Waals surface area contributed by atoms with E-state index in [1.54, 1.807) is 0 Å². The topological polar surface area (TPSA) is 12.9 Å². The molecular formula is C7H4Cl2F3N. The highest BCUT2D eigenvalue weighted by molar-refractivity contribution is 6.30. The molecule has 13 heavy (non-hydrogen) atoms. The molecular weight excluding hydrogens is 226 g/mol. The Balaban J connectivity index is 3.22. The van der Waals surface area contributed by atoms with Crippen LogP contribution < -0.4 is 0 Å². The number of halogens is 5. The van der Waals surface area contributed by atoms with Crippen molar-refractivity contribution in [3.05, 3.63) is 28.3 Å². The highest BCUT2D eigenvalue weighted by Gasteiger charge is 2.16. The maximum Gasteiger partial charge on any atom is 0.266 e. The lowest BCUT2D eigenvalue weighted by Crippen LogP contribution is -1.97. The van der Waals surface area contributed by atoms with Crippen molar-refractivity contribution in [1.82, 2.24) is 4.98 Å². The molecule has 0 radical (unpaired) electrons. The number of alkyl halides is 3. The van der Waals surface area contributed by atoms with Crippen LogP contribution in [-0.4, -0.2) is 4.98 Å². The molecule has 6 heteroatoms. The van der Waals surface area contributed by atoms with Gasteiger partial charge in [-0.05, 0) is 6.07 Å². The zero-order chi connectivity index (χ0) is 10.0. The van der Waals surface area contributed by atoms with Gasteiger partial charge in [0.05, 0.1) is 11.4 Å². The Morgan fingerprint density at radius 1 is 1.46 bits per heavy atom. The van der Waals surface area contributed by atoms with E-state index >= 15 is 0 Å². The lowest BCUT2D eigenvalue weighted by atomic mass is 10.2. The van der Waals surface area contributed by atoms with Crippen LogP contribution in [0.25, 0.3) is 0 Å². The van der Waals surface area contributed by atoms with E-state index < -0.39 is 23.1 Å². The number of pyridine rings is 1. The molecule has 1 aromatic rings. The average molecular weight is 230 g/mol. The average Bonchev–Trinajstić information content (AvgIpc) is 2.03. The minimum Gasteiger partial charge on any atom is -0.207 e. The zero-order valence-corrected chi connectivity index (χ0v) is 7.71. The van der Waals surface area contributed by atoms with Crippen LogP contribution in [0.1, 0.15) is 17.6 Å². The molecule has 1 rings (SSSR count). The first-order valence-electron chi connectivity index (χ1n) is 3.25. The molecule has 0 bridgehead atoms. The van der Waals surface area contributed by atoms with Crippen LogP contribution in [0.3, 0.4) is 0 Å². The van der Waals surface area contributed by atoms with Crippen molar-refractivity contribution in [2.24, 2.45) is 0 Å². The third kappa shape index (κ3) is 2.25. The Kier molecular flexibility index (Phi) is 3.39. The monoisotopic (exact) mass is 229 g/mol. The Hall–Kier alpha value is -0.480. The van der Waals surface area contributed by atoms with Crippen LogP contribution in [0.4, 0.5) is 13.2 Å². The summed E-state index contributed by atoms with van der Waals surface area (Å²) in [5, 5.41) is -0.527. The van der Waals surface area contributed by atoms with E-state index in [0.717, 1.165) is 6.07 Å². The van der Waals surface area contributed by atoms with E-state index in [0.29, 0.717) is 0 Å². The van der Waals surface area contributed by atoms with Crippen LogP contribution in [0, 0.1) is 5.95 Å². The Bertz CT molecular complexity index is 317. The summed E-state index contributed by atoms with van der Waals surface area (Å²) in [7, 11) is 0. The summed E-state index contributed by atoms with van der Waals surface area (Å²) in [5.41, 5.74) is -0.583. The summed E-state index contributed by atoms with van der Waals surface area (Å²) in [6, 6.07) is 0.919. The number of aromatic nitrogens is 1. The summed E-state index contributed by atoms with van der Waals surface area (Å²) in [6.45, 7) is 0. The summed E-state index contributed by atoms with van der Waals surface area (Å²) in [4.78, 5) is 3.10. The molecule has 0 amide bonds. The molecule has 0 N–H and O–H groups in total. The van der Waals surface area contributed by atoms with Crippen molar-refractivity contribution in [3.8, 4) is 0 Å². The molecule has 0 aliphatic rings. The van der Waals surface area contributed by atoms with Gasteiger partial charge < -0.3 is 0 Å². The van der Waals surface area contributed by atoms with Gasteiger partial charge >= 0.3 is 0 Å². The van der Waals surface area contributed by atoms with Gasteiger partial charge in [-0.15, -0.1) is 11.6 Å². The van der Waals surface area contributed by atoms with Crippen molar-refractivity contribution in [2.75, 3.05) is 0 Å². The van der Waals surface area contributed by atoms with E-state index in [-0.39, 0.29) is 11.4 Å². The van der Waals surface area contributed by atoms with Crippen LogP contribution in [0.5, 0.6) is 0 Å². The van der Waals surface area contributed by atoms with Crippen LogP contribution in [0.15, 0.2) is 6.07 Å². The molecule has 0 fully saturated rings. The minimum atomic E-state index is -2.78. The van der Waals surface area contributed by atoms with Gasteiger partial charge in [0.25, 0.3) is 6.43 Å². The van der Waals surface area contributed by atoms with Crippen LogP contribution >= 0.6 is 23.2 Å². The van der Waals surface area contributed by atoms with Crippen LogP contribution in [0.2, 0.25) is 5.15 Å². The highest BCUT2D eigenvalue weighted by Crippen LogP contribution is 2.27. The Morgan fingerprint density at radius 3 is 2.54 bits per heavy atom. The third-order valence-corrected chi connectivity index (χ3v) is 2.00. The van der Waals surface area contributed by atoms with Crippen molar-refractivity contribution < 1.29 is 13.2 Å². The molecule has 0 aliphatic heterocycles. The van der Waals surface area contributed by atoms with Gasteiger partial charge in [-0.25, -0.2) is 13.8 Å². The fourth-order valence-corrected chi connectivity index (χ4v) is 1.17.